The van der Waals surface area contributed by atoms with Crippen molar-refractivity contribution >= 4 is 32.6 Å². The molecule has 1 N–H and O–H groups in total. The van der Waals surface area contributed by atoms with Gasteiger partial charge in [-0.05, 0) is 18.9 Å². The highest BCUT2D eigenvalue weighted by Gasteiger charge is 2.33. The number of amides is 1. The number of aromatic nitrogens is 1. The first kappa shape index (κ1) is 21.0. The molecule has 162 valence electrons. The van der Waals surface area contributed by atoms with Crippen LogP contribution in [0.15, 0.2) is 30.5 Å². The summed E-state index contributed by atoms with van der Waals surface area (Å²) in [7, 11) is -3.18. The van der Waals surface area contributed by atoms with Crippen LogP contribution < -0.4 is 0 Å². The number of nitrogens with zero attached hydrogens (tertiary/aromatic N) is 3. The highest BCUT2D eigenvalue weighted by atomic mass is 32.2. The number of sulfonamides is 1. The first-order valence-corrected chi connectivity index (χ1v) is 12.2. The lowest BCUT2D eigenvalue weighted by Crippen LogP contribution is -2.52. The van der Waals surface area contributed by atoms with Gasteiger partial charge in [0.2, 0.25) is 15.9 Å². The molecular formula is C21H28N4O4S. The number of hydrogen-bond acceptors (Lipinski definition) is 5. The van der Waals surface area contributed by atoms with E-state index in [0.29, 0.717) is 64.2 Å². The number of benzene rings is 1. The zero-order chi connectivity index (χ0) is 21.3. The molecule has 1 amide bonds. The Labute approximate surface area is 176 Å². The van der Waals surface area contributed by atoms with Crippen molar-refractivity contribution in [3.8, 4) is 0 Å². The van der Waals surface area contributed by atoms with Gasteiger partial charge in [-0.15, -0.1) is 0 Å². The van der Waals surface area contributed by atoms with Crippen LogP contribution >= 0.6 is 0 Å². The molecule has 2 aromatic rings. The Hall–Kier alpha value is -2.23. The number of aromatic amines is 1. The van der Waals surface area contributed by atoms with Crippen LogP contribution in [0.4, 0.5) is 0 Å². The van der Waals surface area contributed by atoms with E-state index < -0.39 is 10.0 Å². The Morgan fingerprint density at radius 1 is 1.03 bits per heavy atom. The minimum atomic E-state index is -3.18. The SMILES string of the molecule is CS(=O)(=O)N1CCC(C(=O)N2CCN(CC(=O)c3c[nH]c4ccccc34)CC2)CC1. The number of ketones is 1. The topological polar surface area (TPSA) is 93.8 Å². The monoisotopic (exact) mass is 432 g/mol. The van der Waals surface area contributed by atoms with Gasteiger partial charge < -0.3 is 9.88 Å². The average Bonchev–Trinajstić information content (AvgIpc) is 3.18. The first-order chi connectivity index (χ1) is 14.3. The summed E-state index contributed by atoms with van der Waals surface area (Å²) in [5.41, 5.74) is 1.67. The third-order valence-corrected chi connectivity index (χ3v) is 7.52. The number of rotatable bonds is 5. The van der Waals surface area contributed by atoms with Gasteiger partial charge in [-0.2, -0.15) is 0 Å². The standard InChI is InChI=1S/C21H28N4O4S/c1-30(28,29)25-8-6-16(7-9-25)21(27)24-12-10-23(11-13-24)15-20(26)18-14-22-19-5-3-2-4-17(18)19/h2-5,14,16,22H,6-13,15H2,1H3. The second-order valence-corrected chi connectivity index (χ2v) is 10.2. The molecule has 2 fully saturated rings. The lowest BCUT2D eigenvalue weighted by molar-refractivity contribution is -0.138. The number of para-hydroxylation sites is 1. The van der Waals surface area contributed by atoms with Gasteiger partial charge in [-0.1, -0.05) is 18.2 Å². The van der Waals surface area contributed by atoms with Gasteiger partial charge in [0.05, 0.1) is 12.8 Å². The average molecular weight is 433 g/mol. The van der Waals surface area contributed by atoms with E-state index in [9.17, 15) is 18.0 Å². The van der Waals surface area contributed by atoms with Crippen LogP contribution in [0.5, 0.6) is 0 Å². The number of Topliss-reactive ketones (excluding diaryl/α,β-unsaturated/α-hetero) is 1. The summed E-state index contributed by atoms with van der Waals surface area (Å²) in [4.78, 5) is 32.7. The van der Waals surface area contributed by atoms with Crippen LogP contribution in [-0.4, -0.2) is 91.3 Å². The normalized spacial score (nSPS) is 20.0. The van der Waals surface area contributed by atoms with Gasteiger partial charge in [-0.25, -0.2) is 12.7 Å². The van der Waals surface area contributed by atoms with E-state index in [-0.39, 0.29) is 17.6 Å². The van der Waals surface area contributed by atoms with E-state index in [2.05, 4.69) is 9.88 Å². The minimum Gasteiger partial charge on any atom is -0.360 e. The molecule has 0 radical (unpaired) electrons. The van der Waals surface area contributed by atoms with Crippen LogP contribution in [0, 0.1) is 5.92 Å². The molecule has 1 aromatic carbocycles. The summed E-state index contributed by atoms with van der Waals surface area (Å²) in [5, 5.41) is 0.941. The molecule has 4 rings (SSSR count). The van der Waals surface area contributed by atoms with Gasteiger partial charge >= 0.3 is 0 Å². The zero-order valence-corrected chi connectivity index (χ0v) is 18.0. The second kappa shape index (κ2) is 8.49. The Kier molecular flexibility index (Phi) is 5.95. The predicted octanol–water partition coefficient (Wildman–Crippen LogP) is 1.17. The maximum Gasteiger partial charge on any atom is 0.225 e. The molecule has 2 aliphatic rings. The number of carbonyl (C=O) groups is 2. The molecule has 2 aliphatic heterocycles. The van der Waals surface area contributed by atoms with E-state index in [1.165, 1.54) is 10.6 Å². The third kappa shape index (κ3) is 4.43. The minimum absolute atomic E-state index is 0.0837. The quantitative estimate of drug-likeness (QED) is 0.716. The molecule has 0 saturated carbocycles. The molecule has 9 heteroatoms. The van der Waals surface area contributed by atoms with Crippen molar-refractivity contribution in [2.45, 2.75) is 12.8 Å². The van der Waals surface area contributed by atoms with Gasteiger partial charge in [-0.3, -0.25) is 14.5 Å². The van der Waals surface area contributed by atoms with E-state index in [4.69, 9.17) is 0 Å². The van der Waals surface area contributed by atoms with Crippen molar-refractivity contribution in [1.82, 2.24) is 19.1 Å². The number of fused-ring (bicyclic) bond motifs is 1. The summed E-state index contributed by atoms with van der Waals surface area (Å²) in [6.45, 7) is 3.71. The summed E-state index contributed by atoms with van der Waals surface area (Å²) in [6, 6.07) is 7.77. The number of piperazine rings is 1. The molecule has 0 spiro atoms. The second-order valence-electron chi connectivity index (χ2n) is 8.21. The Morgan fingerprint density at radius 2 is 1.70 bits per heavy atom. The molecule has 0 unspecified atom stereocenters. The van der Waals surface area contributed by atoms with Crippen molar-refractivity contribution < 1.29 is 18.0 Å². The molecule has 0 atom stereocenters. The number of H-pyrrole nitrogens is 1. The molecule has 0 bridgehead atoms. The zero-order valence-electron chi connectivity index (χ0n) is 17.2. The Morgan fingerprint density at radius 3 is 2.37 bits per heavy atom. The Bertz CT molecular complexity index is 1030. The highest BCUT2D eigenvalue weighted by Crippen LogP contribution is 2.22. The van der Waals surface area contributed by atoms with Crippen molar-refractivity contribution in [2.24, 2.45) is 5.92 Å². The van der Waals surface area contributed by atoms with Gasteiger partial charge in [0.15, 0.2) is 5.78 Å². The third-order valence-electron chi connectivity index (χ3n) is 6.21. The fourth-order valence-electron chi connectivity index (χ4n) is 4.41. The van der Waals surface area contributed by atoms with Crippen molar-refractivity contribution in [3.05, 3.63) is 36.0 Å². The summed E-state index contributed by atoms with van der Waals surface area (Å²) >= 11 is 0. The summed E-state index contributed by atoms with van der Waals surface area (Å²) in [6.07, 6.45) is 4.14. The number of piperidine rings is 1. The van der Waals surface area contributed by atoms with E-state index in [1.807, 2.05) is 29.2 Å². The van der Waals surface area contributed by atoms with Crippen LogP contribution in [0.25, 0.3) is 10.9 Å². The van der Waals surface area contributed by atoms with Crippen LogP contribution in [0.2, 0.25) is 0 Å². The number of nitrogens with one attached hydrogen (secondary N) is 1. The molecule has 3 heterocycles. The van der Waals surface area contributed by atoms with E-state index >= 15 is 0 Å². The summed E-state index contributed by atoms with van der Waals surface area (Å²) < 4.78 is 24.7. The van der Waals surface area contributed by atoms with E-state index in [0.717, 1.165) is 10.9 Å². The Balaban J connectivity index is 1.28. The maximum atomic E-state index is 12.8. The summed E-state index contributed by atoms with van der Waals surface area (Å²) in [5.74, 6) is 0.0912. The van der Waals surface area contributed by atoms with Crippen LogP contribution in [0.1, 0.15) is 23.2 Å². The predicted molar refractivity (Wildman–Crippen MR) is 115 cm³/mol. The van der Waals surface area contributed by atoms with Crippen molar-refractivity contribution in [2.75, 3.05) is 52.1 Å². The first-order valence-electron chi connectivity index (χ1n) is 10.4. The fraction of sp³-hybridized carbons (Fsp3) is 0.524. The van der Waals surface area contributed by atoms with E-state index in [1.54, 1.807) is 6.20 Å². The highest BCUT2D eigenvalue weighted by molar-refractivity contribution is 7.88. The van der Waals surface area contributed by atoms with Crippen LogP contribution in [-0.2, 0) is 14.8 Å². The molecule has 1 aromatic heterocycles. The van der Waals surface area contributed by atoms with Crippen molar-refractivity contribution in [3.63, 3.8) is 0 Å². The van der Waals surface area contributed by atoms with Gasteiger partial charge in [0, 0.05) is 67.8 Å². The fourth-order valence-corrected chi connectivity index (χ4v) is 5.28. The molecule has 0 aliphatic carbocycles. The molecule has 8 nitrogen and oxygen atoms in total. The smallest absolute Gasteiger partial charge is 0.225 e. The van der Waals surface area contributed by atoms with Crippen molar-refractivity contribution in [1.29, 1.82) is 0 Å². The number of carbonyl (C=O) groups excluding carboxylic acids is 2. The number of hydrogen-bond donors (Lipinski definition) is 1. The van der Waals surface area contributed by atoms with Crippen LogP contribution in [0.3, 0.4) is 0 Å². The van der Waals surface area contributed by atoms with Gasteiger partial charge in [0.25, 0.3) is 0 Å². The lowest BCUT2D eigenvalue weighted by Gasteiger charge is -2.38. The lowest BCUT2D eigenvalue weighted by atomic mass is 9.96. The molecular weight excluding hydrogens is 404 g/mol. The molecule has 30 heavy (non-hydrogen) atoms. The largest absolute Gasteiger partial charge is 0.360 e. The van der Waals surface area contributed by atoms with Gasteiger partial charge in [0.1, 0.15) is 0 Å². The maximum absolute atomic E-state index is 12.8. The molecule has 2 saturated heterocycles.